The van der Waals surface area contributed by atoms with E-state index < -0.39 is 35.1 Å². The van der Waals surface area contributed by atoms with Crippen molar-refractivity contribution in [3.8, 4) is 0 Å². The number of hydrogen-bond donors (Lipinski definition) is 2. The summed E-state index contributed by atoms with van der Waals surface area (Å²) in [6.07, 6.45) is -4.65. The van der Waals surface area contributed by atoms with Gasteiger partial charge < -0.3 is 19.8 Å². The second-order valence-corrected chi connectivity index (χ2v) is 6.70. The van der Waals surface area contributed by atoms with E-state index in [-0.39, 0.29) is 6.54 Å². The second kappa shape index (κ2) is 7.73. The molecule has 2 N–H and O–H groups in total. The molecule has 2 aromatic rings. The first kappa shape index (κ1) is 20.3. The first-order valence-corrected chi connectivity index (χ1v) is 7.97. The molecule has 0 radical (unpaired) electrons. The van der Waals surface area contributed by atoms with Crippen LogP contribution in [-0.4, -0.2) is 17.6 Å². The van der Waals surface area contributed by atoms with Crippen molar-refractivity contribution in [1.82, 2.24) is 5.32 Å². The molecule has 9 heteroatoms. The van der Waals surface area contributed by atoms with Gasteiger partial charge in [-0.1, -0.05) is 12.1 Å². The van der Waals surface area contributed by atoms with E-state index in [0.29, 0.717) is 18.0 Å². The molecule has 0 atom stereocenters. The van der Waals surface area contributed by atoms with Crippen LogP contribution in [0.15, 0.2) is 41.0 Å². The number of carbonyl (C=O) groups is 2. The molecule has 0 fully saturated rings. The fourth-order valence-corrected chi connectivity index (χ4v) is 1.99. The van der Waals surface area contributed by atoms with Crippen LogP contribution < -0.4 is 10.6 Å². The molecule has 1 aromatic heterocycles. The van der Waals surface area contributed by atoms with Gasteiger partial charge in [-0.15, -0.1) is 0 Å². The predicted octanol–water partition coefficient (Wildman–Crippen LogP) is 4.58. The molecule has 27 heavy (non-hydrogen) atoms. The van der Waals surface area contributed by atoms with Crippen LogP contribution in [0.5, 0.6) is 0 Å². The van der Waals surface area contributed by atoms with Gasteiger partial charge in [0, 0.05) is 18.3 Å². The van der Waals surface area contributed by atoms with Gasteiger partial charge in [0.05, 0.1) is 5.56 Å². The fraction of sp³-hybridized carbons (Fsp3) is 0.333. The molecular formula is C18H19F3N2O4. The maximum absolute atomic E-state index is 12.5. The van der Waals surface area contributed by atoms with Crippen molar-refractivity contribution in [3.63, 3.8) is 0 Å². The molecule has 0 saturated heterocycles. The summed E-state index contributed by atoms with van der Waals surface area (Å²) >= 11 is 0. The van der Waals surface area contributed by atoms with Crippen LogP contribution in [0.3, 0.4) is 0 Å². The number of ether oxygens (including phenoxy) is 1. The van der Waals surface area contributed by atoms with Crippen LogP contribution in [-0.2, 0) is 17.5 Å². The van der Waals surface area contributed by atoms with Crippen molar-refractivity contribution in [2.24, 2.45) is 0 Å². The Labute approximate surface area is 153 Å². The molecular weight excluding hydrogens is 365 g/mol. The molecule has 146 valence electrons. The number of alkyl halides is 3. The summed E-state index contributed by atoms with van der Waals surface area (Å²) < 4.78 is 47.4. The molecule has 6 nitrogen and oxygen atoms in total. The quantitative estimate of drug-likeness (QED) is 0.809. The molecule has 1 heterocycles. The third-order valence-corrected chi connectivity index (χ3v) is 3.20. The highest BCUT2D eigenvalue weighted by atomic mass is 19.4. The average molecular weight is 384 g/mol. The number of halogens is 3. The third-order valence-electron chi connectivity index (χ3n) is 3.20. The highest BCUT2D eigenvalue weighted by molar-refractivity contribution is 6.02. The Morgan fingerprint density at radius 1 is 1.11 bits per heavy atom. The van der Waals surface area contributed by atoms with Crippen LogP contribution in [0, 0.1) is 0 Å². The molecule has 0 saturated carbocycles. The van der Waals surface area contributed by atoms with Crippen LogP contribution in [0.4, 0.5) is 23.7 Å². The van der Waals surface area contributed by atoms with E-state index in [4.69, 9.17) is 4.74 Å². The van der Waals surface area contributed by atoms with E-state index >= 15 is 0 Å². The van der Waals surface area contributed by atoms with Gasteiger partial charge in [0.25, 0.3) is 5.91 Å². The fourth-order valence-electron chi connectivity index (χ4n) is 1.99. The van der Waals surface area contributed by atoms with Crippen molar-refractivity contribution in [2.75, 3.05) is 5.32 Å². The molecule has 0 aliphatic carbocycles. The smallest absolute Gasteiger partial charge is 0.419 e. The number of anilines is 1. The highest BCUT2D eigenvalue weighted by Crippen LogP contribution is 2.30. The van der Waals surface area contributed by atoms with E-state index in [2.05, 4.69) is 15.1 Å². The van der Waals surface area contributed by atoms with E-state index in [9.17, 15) is 22.8 Å². The van der Waals surface area contributed by atoms with Gasteiger partial charge in [-0.25, -0.2) is 4.79 Å². The number of benzene rings is 1. The van der Waals surface area contributed by atoms with E-state index in [1.807, 2.05) is 0 Å². The van der Waals surface area contributed by atoms with Gasteiger partial charge in [0.15, 0.2) is 5.76 Å². The van der Waals surface area contributed by atoms with Crippen molar-refractivity contribution in [2.45, 2.75) is 39.1 Å². The Morgan fingerprint density at radius 2 is 1.74 bits per heavy atom. The van der Waals surface area contributed by atoms with Gasteiger partial charge in [0.2, 0.25) is 0 Å². The monoisotopic (exact) mass is 384 g/mol. The topological polar surface area (TPSA) is 80.6 Å². The molecule has 0 aliphatic heterocycles. The minimum atomic E-state index is -4.58. The number of carbonyl (C=O) groups excluding carboxylic acids is 2. The van der Waals surface area contributed by atoms with Gasteiger partial charge >= 0.3 is 12.3 Å². The summed E-state index contributed by atoms with van der Waals surface area (Å²) in [4.78, 5) is 23.5. The number of furan rings is 1. The molecule has 0 aliphatic rings. The van der Waals surface area contributed by atoms with Gasteiger partial charge in [-0.05, 0) is 38.5 Å². The number of hydrogen-bond acceptors (Lipinski definition) is 4. The lowest BCUT2D eigenvalue weighted by Crippen LogP contribution is -2.32. The lowest BCUT2D eigenvalue weighted by molar-refractivity contribution is -0.137. The Balaban J connectivity index is 1.91. The average Bonchev–Trinajstić information content (AvgIpc) is 3.03. The minimum Gasteiger partial charge on any atom is -0.459 e. The van der Waals surface area contributed by atoms with Crippen molar-refractivity contribution in [1.29, 1.82) is 0 Å². The van der Waals surface area contributed by atoms with E-state index in [1.165, 1.54) is 0 Å². The number of amides is 2. The third kappa shape index (κ3) is 6.36. The van der Waals surface area contributed by atoms with Crippen LogP contribution in [0.1, 0.15) is 42.5 Å². The summed E-state index contributed by atoms with van der Waals surface area (Å²) in [5.41, 5.74) is -0.519. The zero-order valence-corrected chi connectivity index (χ0v) is 14.9. The summed E-state index contributed by atoms with van der Waals surface area (Å²) in [6, 6.07) is 7.04. The zero-order chi connectivity index (χ0) is 20.2. The maximum Gasteiger partial charge on any atom is 0.419 e. The van der Waals surface area contributed by atoms with E-state index in [0.717, 1.165) is 5.56 Å². The molecule has 2 rings (SSSR count). The maximum atomic E-state index is 12.5. The largest absolute Gasteiger partial charge is 0.459 e. The minimum absolute atomic E-state index is 0.219. The number of alkyl carbamates (subject to hydrolysis) is 1. The second-order valence-electron chi connectivity index (χ2n) is 6.70. The van der Waals surface area contributed by atoms with Crippen LogP contribution >= 0.6 is 0 Å². The first-order valence-electron chi connectivity index (χ1n) is 7.97. The highest BCUT2D eigenvalue weighted by Gasteiger charge is 2.33. The van der Waals surface area contributed by atoms with Crippen LogP contribution in [0.2, 0.25) is 0 Å². The van der Waals surface area contributed by atoms with Crippen LogP contribution in [0.25, 0.3) is 0 Å². The lowest BCUT2D eigenvalue weighted by Gasteiger charge is -2.19. The van der Waals surface area contributed by atoms with Gasteiger partial charge in [0.1, 0.15) is 11.9 Å². The standard InChI is InChI=1S/C18H19F3N2O4/c1-17(2,3)27-16(25)22-9-11-4-6-13(7-5-11)23-15(24)14-8-12(10-26-14)18(19,20)21/h4-8,10H,9H2,1-3H3,(H,22,25)(H,23,24). The van der Waals surface area contributed by atoms with Gasteiger partial charge in [-0.2, -0.15) is 13.2 Å². The molecule has 0 spiro atoms. The zero-order valence-electron chi connectivity index (χ0n) is 14.9. The van der Waals surface area contributed by atoms with Crippen molar-refractivity contribution >= 4 is 17.7 Å². The molecule has 0 unspecified atom stereocenters. The first-order chi connectivity index (χ1) is 12.4. The number of rotatable bonds is 4. The SMILES string of the molecule is CC(C)(C)OC(=O)NCc1ccc(NC(=O)c2cc(C(F)(F)F)co2)cc1. The predicted molar refractivity (Wildman–Crippen MR) is 91.2 cm³/mol. The Hall–Kier alpha value is -2.97. The summed E-state index contributed by atoms with van der Waals surface area (Å²) in [6.45, 7) is 5.47. The van der Waals surface area contributed by atoms with Crippen molar-refractivity contribution < 1.29 is 31.9 Å². The summed E-state index contributed by atoms with van der Waals surface area (Å²) in [5, 5.41) is 5.02. The summed E-state index contributed by atoms with van der Waals surface area (Å²) in [7, 11) is 0. The van der Waals surface area contributed by atoms with Crippen molar-refractivity contribution in [3.05, 3.63) is 53.5 Å². The Morgan fingerprint density at radius 3 is 2.26 bits per heavy atom. The Kier molecular flexibility index (Phi) is 5.82. The number of nitrogens with one attached hydrogen (secondary N) is 2. The lowest BCUT2D eigenvalue weighted by atomic mass is 10.2. The molecule has 2 amide bonds. The van der Waals surface area contributed by atoms with Gasteiger partial charge in [-0.3, -0.25) is 4.79 Å². The molecule has 1 aromatic carbocycles. The summed E-state index contributed by atoms with van der Waals surface area (Å²) in [5.74, 6) is -1.25. The Bertz CT molecular complexity index is 805. The normalized spacial score (nSPS) is 11.8. The van der Waals surface area contributed by atoms with E-state index in [1.54, 1.807) is 45.0 Å². The molecule has 0 bridgehead atoms.